The quantitative estimate of drug-likeness (QED) is 0.555. The molecule has 0 atom stereocenters. The Labute approximate surface area is 69.2 Å². The molecular formula is C8H19NO2. The Bertz CT molecular complexity index is 80.2. The summed E-state index contributed by atoms with van der Waals surface area (Å²) in [7, 11) is 0. The van der Waals surface area contributed by atoms with E-state index in [2.05, 4.69) is 13.8 Å². The molecule has 0 spiro atoms. The Morgan fingerprint density at radius 2 is 1.55 bits per heavy atom. The van der Waals surface area contributed by atoms with E-state index in [9.17, 15) is 0 Å². The van der Waals surface area contributed by atoms with Crippen molar-refractivity contribution in [2.24, 2.45) is 5.92 Å². The first-order valence-corrected chi connectivity index (χ1v) is 4.24. The lowest BCUT2D eigenvalue weighted by atomic mass is 10.2. The molecule has 0 aromatic carbocycles. The van der Waals surface area contributed by atoms with Gasteiger partial charge in [-0.3, -0.25) is 9.68 Å². The summed E-state index contributed by atoms with van der Waals surface area (Å²) in [6.45, 7) is 10.3. The highest BCUT2D eigenvalue weighted by atomic mass is 16.9. The zero-order valence-corrected chi connectivity index (χ0v) is 7.96. The molecule has 0 aliphatic carbocycles. The Kier molecular flexibility index (Phi) is 6.51. The molecule has 0 radical (unpaired) electrons. The van der Waals surface area contributed by atoms with E-state index in [1.54, 1.807) is 5.23 Å². The minimum absolute atomic E-state index is 0.563. The van der Waals surface area contributed by atoms with Crippen LogP contribution in [0.2, 0.25) is 0 Å². The number of hydroxylamine groups is 2. The van der Waals surface area contributed by atoms with Crippen molar-refractivity contribution in [3.63, 3.8) is 0 Å². The Balaban J connectivity index is 3.50. The number of hydrogen-bond donors (Lipinski definition) is 0. The molecule has 0 bridgehead atoms. The third-order valence-electron chi connectivity index (χ3n) is 1.06. The van der Waals surface area contributed by atoms with Gasteiger partial charge in [0.1, 0.15) is 0 Å². The first kappa shape index (κ1) is 10.9. The highest BCUT2D eigenvalue weighted by Crippen LogP contribution is 1.99. The van der Waals surface area contributed by atoms with Crippen molar-refractivity contribution < 1.29 is 9.68 Å². The summed E-state index contributed by atoms with van der Waals surface area (Å²) in [5, 5.41) is 1.56. The molecule has 3 heteroatoms. The van der Waals surface area contributed by atoms with E-state index >= 15 is 0 Å². The van der Waals surface area contributed by atoms with Gasteiger partial charge in [0.05, 0.1) is 19.8 Å². The molecule has 0 saturated carbocycles. The molecule has 0 amide bonds. The van der Waals surface area contributed by atoms with E-state index in [0.717, 1.165) is 6.54 Å². The third kappa shape index (κ3) is 6.28. The van der Waals surface area contributed by atoms with Crippen molar-refractivity contribution in [3.05, 3.63) is 0 Å². The molecule has 0 aliphatic heterocycles. The van der Waals surface area contributed by atoms with Crippen LogP contribution in [0.25, 0.3) is 0 Å². The van der Waals surface area contributed by atoms with E-state index in [4.69, 9.17) is 9.68 Å². The van der Waals surface area contributed by atoms with Crippen molar-refractivity contribution in [2.75, 3.05) is 19.8 Å². The summed E-state index contributed by atoms with van der Waals surface area (Å²) < 4.78 is 0. The van der Waals surface area contributed by atoms with Gasteiger partial charge in [0.15, 0.2) is 0 Å². The van der Waals surface area contributed by atoms with E-state index in [1.165, 1.54) is 0 Å². The molecule has 3 nitrogen and oxygen atoms in total. The second-order valence-corrected chi connectivity index (χ2v) is 2.74. The largest absolute Gasteiger partial charge is 0.274 e. The molecule has 0 aromatic heterocycles. The van der Waals surface area contributed by atoms with Crippen LogP contribution in [0, 0.1) is 5.92 Å². The smallest absolute Gasteiger partial charge is 0.0683 e. The lowest BCUT2D eigenvalue weighted by Crippen LogP contribution is -2.28. The minimum Gasteiger partial charge on any atom is -0.274 e. The fourth-order valence-electron chi connectivity index (χ4n) is 0.729. The van der Waals surface area contributed by atoms with E-state index < -0.39 is 0 Å². The molecule has 0 fully saturated rings. The molecule has 0 heterocycles. The van der Waals surface area contributed by atoms with Gasteiger partial charge in [-0.15, -0.1) is 0 Å². The normalized spacial score (nSPS) is 11.5. The second-order valence-electron chi connectivity index (χ2n) is 2.74. The molecule has 0 rings (SSSR count). The lowest BCUT2D eigenvalue weighted by Gasteiger charge is -2.20. The lowest BCUT2D eigenvalue weighted by molar-refractivity contribution is -0.368. The Morgan fingerprint density at radius 3 is 1.82 bits per heavy atom. The highest BCUT2D eigenvalue weighted by Gasteiger charge is 2.05. The van der Waals surface area contributed by atoms with Crippen LogP contribution in [-0.4, -0.2) is 25.0 Å². The van der Waals surface area contributed by atoms with Gasteiger partial charge in [-0.05, 0) is 19.8 Å². The summed E-state index contributed by atoms with van der Waals surface area (Å²) in [5.74, 6) is 0.563. The van der Waals surface area contributed by atoms with Crippen LogP contribution >= 0.6 is 0 Å². The number of rotatable bonds is 6. The maximum atomic E-state index is 5.20. The molecule has 0 saturated heterocycles. The van der Waals surface area contributed by atoms with Gasteiger partial charge in [-0.2, -0.15) is 0 Å². The first-order chi connectivity index (χ1) is 5.20. The molecule has 11 heavy (non-hydrogen) atoms. The second kappa shape index (κ2) is 6.58. The van der Waals surface area contributed by atoms with Crippen molar-refractivity contribution in [1.82, 2.24) is 5.23 Å². The predicted molar refractivity (Wildman–Crippen MR) is 44.8 cm³/mol. The maximum absolute atomic E-state index is 5.20. The average molecular weight is 161 g/mol. The SMILES string of the molecule is CCON(CC(C)C)OCC. The number of hydrogen-bond acceptors (Lipinski definition) is 3. The maximum Gasteiger partial charge on any atom is 0.0683 e. The van der Waals surface area contributed by atoms with E-state index in [1.807, 2.05) is 13.8 Å². The van der Waals surface area contributed by atoms with Gasteiger partial charge in [-0.25, -0.2) is 0 Å². The van der Waals surface area contributed by atoms with Crippen LogP contribution in [-0.2, 0) is 9.68 Å². The Morgan fingerprint density at radius 1 is 1.09 bits per heavy atom. The first-order valence-electron chi connectivity index (χ1n) is 4.24. The third-order valence-corrected chi connectivity index (χ3v) is 1.06. The molecule has 0 aliphatic rings. The van der Waals surface area contributed by atoms with Crippen molar-refractivity contribution in [3.8, 4) is 0 Å². The molecule has 0 aromatic rings. The van der Waals surface area contributed by atoms with Crippen LogP contribution < -0.4 is 0 Å². The molecule has 68 valence electrons. The summed E-state index contributed by atoms with van der Waals surface area (Å²) in [6.07, 6.45) is 0. The van der Waals surface area contributed by atoms with Gasteiger partial charge in [0.25, 0.3) is 0 Å². The molecule has 0 N–H and O–H groups in total. The van der Waals surface area contributed by atoms with Gasteiger partial charge < -0.3 is 0 Å². The van der Waals surface area contributed by atoms with Crippen molar-refractivity contribution in [1.29, 1.82) is 0 Å². The summed E-state index contributed by atoms with van der Waals surface area (Å²) in [5.41, 5.74) is 0. The summed E-state index contributed by atoms with van der Waals surface area (Å²) in [6, 6.07) is 0. The Hall–Kier alpha value is -0.120. The predicted octanol–water partition coefficient (Wildman–Crippen LogP) is 1.85. The fourth-order valence-corrected chi connectivity index (χ4v) is 0.729. The molecule has 0 unspecified atom stereocenters. The van der Waals surface area contributed by atoms with Gasteiger partial charge in [0.2, 0.25) is 0 Å². The molecular weight excluding hydrogens is 142 g/mol. The number of nitrogens with zero attached hydrogens (tertiary/aromatic N) is 1. The van der Waals surface area contributed by atoms with Gasteiger partial charge in [0, 0.05) is 0 Å². The van der Waals surface area contributed by atoms with Crippen LogP contribution in [0.3, 0.4) is 0 Å². The summed E-state index contributed by atoms with van der Waals surface area (Å²) >= 11 is 0. The van der Waals surface area contributed by atoms with E-state index in [0.29, 0.717) is 19.1 Å². The van der Waals surface area contributed by atoms with Crippen LogP contribution in [0.5, 0.6) is 0 Å². The van der Waals surface area contributed by atoms with E-state index in [-0.39, 0.29) is 0 Å². The van der Waals surface area contributed by atoms with Crippen molar-refractivity contribution in [2.45, 2.75) is 27.7 Å². The minimum atomic E-state index is 0.563. The topological polar surface area (TPSA) is 21.7 Å². The van der Waals surface area contributed by atoms with Gasteiger partial charge in [-0.1, -0.05) is 19.1 Å². The average Bonchev–Trinajstić information content (AvgIpc) is 1.87. The van der Waals surface area contributed by atoms with Crippen LogP contribution in [0.15, 0.2) is 0 Å². The zero-order chi connectivity index (χ0) is 8.69. The van der Waals surface area contributed by atoms with Gasteiger partial charge >= 0.3 is 0 Å². The summed E-state index contributed by atoms with van der Waals surface area (Å²) in [4.78, 5) is 10.4. The zero-order valence-electron chi connectivity index (χ0n) is 7.96. The fraction of sp³-hybridized carbons (Fsp3) is 1.00. The monoisotopic (exact) mass is 161 g/mol. The van der Waals surface area contributed by atoms with Crippen LogP contribution in [0.4, 0.5) is 0 Å². The highest BCUT2D eigenvalue weighted by molar-refractivity contribution is 4.41. The van der Waals surface area contributed by atoms with Crippen molar-refractivity contribution >= 4 is 0 Å². The standard InChI is InChI=1S/C8H19NO2/c1-5-10-9(11-6-2)7-8(3)4/h8H,5-7H2,1-4H3. The van der Waals surface area contributed by atoms with Crippen LogP contribution in [0.1, 0.15) is 27.7 Å².